The van der Waals surface area contributed by atoms with E-state index in [0.29, 0.717) is 11.9 Å². The summed E-state index contributed by atoms with van der Waals surface area (Å²) in [5.41, 5.74) is 0. The minimum absolute atomic E-state index is 0.406. The molecule has 3 nitrogen and oxygen atoms in total. The fourth-order valence-electron chi connectivity index (χ4n) is 0.735. The third-order valence-corrected chi connectivity index (χ3v) is 2.34. The molecule has 0 aromatic heterocycles. The topological polar surface area (TPSA) is 35.5 Å². The second-order valence-electron chi connectivity index (χ2n) is 2.14. The van der Waals surface area contributed by atoms with Crippen LogP contribution in [0.2, 0.25) is 0 Å². The molecule has 0 saturated carbocycles. The van der Waals surface area contributed by atoms with Crippen molar-refractivity contribution in [2.45, 2.75) is 6.92 Å². The minimum atomic E-state index is -2.20. The molecular formula is C8H11O3P. The highest BCUT2D eigenvalue weighted by atomic mass is 31.1. The molecule has 0 amide bonds. The number of benzene rings is 1. The van der Waals surface area contributed by atoms with Crippen LogP contribution in [0, 0.1) is 0 Å². The van der Waals surface area contributed by atoms with Crippen molar-refractivity contribution in [1.82, 2.24) is 0 Å². The normalized spacial score (nSPS) is 12.8. The van der Waals surface area contributed by atoms with Gasteiger partial charge in [0.1, 0.15) is 0 Å². The molecule has 0 N–H and O–H groups in total. The van der Waals surface area contributed by atoms with Gasteiger partial charge in [0.15, 0.2) is 0 Å². The third kappa shape index (κ3) is 2.78. The van der Waals surface area contributed by atoms with Gasteiger partial charge in [-0.25, -0.2) is 4.89 Å². The largest absolute Gasteiger partial charge is 0.288 e. The number of hydrogen-bond acceptors (Lipinski definition) is 3. The average molecular weight is 186 g/mol. The Hall–Kier alpha value is -0.630. The molecule has 0 bridgehead atoms. The van der Waals surface area contributed by atoms with Crippen molar-refractivity contribution in [2.75, 3.05) is 6.61 Å². The molecule has 1 unspecified atom stereocenters. The van der Waals surface area contributed by atoms with Crippen molar-refractivity contribution in [2.24, 2.45) is 0 Å². The molecule has 0 radical (unpaired) electrons. The fraction of sp³-hybridized carbons (Fsp3) is 0.250. The molecule has 66 valence electrons. The molecule has 0 heterocycles. The highest BCUT2D eigenvalue weighted by Gasteiger charge is 2.01. The third-order valence-electron chi connectivity index (χ3n) is 1.26. The Labute approximate surface area is 72.1 Å². The van der Waals surface area contributed by atoms with E-state index in [-0.39, 0.29) is 0 Å². The van der Waals surface area contributed by atoms with Crippen LogP contribution in [0.3, 0.4) is 0 Å². The first-order valence-corrected chi connectivity index (χ1v) is 5.05. The summed E-state index contributed by atoms with van der Waals surface area (Å²) in [6, 6.07) is 8.99. The Balaban J connectivity index is 2.54. The van der Waals surface area contributed by atoms with Crippen molar-refractivity contribution >= 4 is 13.3 Å². The van der Waals surface area contributed by atoms with Crippen LogP contribution in [0.15, 0.2) is 30.3 Å². The molecule has 0 fully saturated rings. The Morgan fingerprint density at radius 1 is 1.33 bits per heavy atom. The zero-order valence-electron chi connectivity index (χ0n) is 6.82. The fourth-order valence-corrected chi connectivity index (χ4v) is 1.52. The highest BCUT2D eigenvalue weighted by Crippen LogP contribution is 2.20. The Bertz CT molecular complexity index is 248. The van der Waals surface area contributed by atoms with Crippen LogP contribution in [-0.2, 0) is 14.1 Å². The van der Waals surface area contributed by atoms with Crippen molar-refractivity contribution < 1.29 is 14.1 Å². The SMILES string of the molecule is CCOO[PH](=O)c1ccccc1. The molecule has 4 heteroatoms. The number of rotatable bonds is 4. The molecular weight excluding hydrogens is 175 g/mol. The van der Waals surface area contributed by atoms with Gasteiger partial charge in [0.05, 0.1) is 6.61 Å². The Kier molecular flexibility index (Phi) is 4.01. The predicted octanol–water partition coefficient (Wildman–Crippen LogP) is 1.75. The first kappa shape index (κ1) is 9.46. The molecule has 0 aliphatic heterocycles. The minimum Gasteiger partial charge on any atom is -0.288 e. The van der Waals surface area contributed by atoms with E-state index in [9.17, 15) is 4.57 Å². The summed E-state index contributed by atoms with van der Waals surface area (Å²) in [7, 11) is -2.20. The lowest BCUT2D eigenvalue weighted by Crippen LogP contribution is -1.97. The van der Waals surface area contributed by atoms with Gasteiger partial charge in [0, 0.05) is 5.30 Å². The van der Waals surface area contributed by atoms with Crippen molar-refractivity contribution in [3.63, 3.8) is 0 Å². The first-order valence-electron chi connectivity index (χ1n) is 3.73. The van der Waals surface area contributed by atoms with E-state index >= 15 is 0 Å². The van der Waals surface area contributed by atoms with E-state index in [1.54, 1.807) is 19.1 Å². The second-order valence-corrected chi connectivity index (χ2v) is 3.46. The Morgan fingerprint density at radius 3 is 2.58 bits per heavy atom. The monoisotopic (exact) mass is 186 g/mol. The summed E-state index contributed by atoms with van der Waals surface area (Å²) < 4.78 is 15.9. The summed E-state index contributed by atoms with van der Waals surface area (Å²) in [6.07, 6.45) is 0. The quantitative estimate of drug-likeness (QED) is 0.408. The van der Waals surface area contributed by atoms with Gasteiger partial charge in [-0.15, -0.1) is 0 Å². The lowest BCUT2D eigenvalue weighted by atomic mass is 10.4. The smallest absolute Gasteiger partial charge is 0.252 e. The molecule has 0 aliphatic rings. The van der Waals surface area contributed by atoms with Gasteiger partial charge >= 0.3 is 0 Å². The van der Waals surface area contributed by atoms with Gasteiger partial charge in [-0.3, -0.25) is 4.57 Å². The summed E-state index contributed by atoms with van der Waals surface area (Å²) in [5.74, 6) is 0. The first-order chi connectivity index (χ1) is 5.84. The van der Waals surface area contributed by atoms with E-state index in [1.165, 1.54) is 0 Å². The standard InChI is InChI=1S/C8H11O3P/c1-2-10-11-12(9)8-6-4-3-5-7-8/h3-7,12H,2H2,1H3. The molecule has 12 heavy (non-hydrogen) atoms. The lowest BCUT2D eigenvalue weighted by Gasteiger charge is -2.00. The van der Waals surface area contributed by atoms with E-state index in [2.05, 4.69) is 9.56 Å². The average Bonchev–Trinajstić information content (AvgIpc) is 2.15. The van der Waals surface area contributed by atoms with Crippen LogP contribution in [0.25, 0.3) is 0 Å². The Morgan fingerprint density at radius 2 is 2.00 bits per heavy atom. The van der Waals surface area contributed by atoms with Crippen molar-refractivity contribution in [3.8, 4) is 0 Å². The molecule has 0 spiro atoms. The maximum Gasteiger partial charge on any atom is 0.252 e. The van der Waals surface area contributed by atoms with Crippen LogP contribution in [-0.4, -0.2) is 6.61 Å². The van der Waals surface area contributed by atoms with Crippen LogP contribution < -0.4 is 5.30 Å². The molecule has 0 aliphatic carbocycles. The zero-order chi connectivity index (χ0) is 8.81. The molecule has 1 aromatic carbocycles. The highest BCUT2D eigenvalue weighted by molar-refractivity contribution is 7.48. The molecule has 1 rings (SSSR count). The van der Waals surface area contributed by atoms with Crippen molar-refractivity contribution in [3.05, 3.63) is 30.3 Å². The number of hydrogen-bond donors (Lipinski definition) is 0. The lowest BCUT2D eigenvalue weighted by molar-refractivity contribution is -0.195. The molecule has 1 aromatic rings. The van der Waals surface area contributed by atoms with E-state index < -0.39 is 8.03 Å². The summed E-state index contributed by atoms with van der Waals surface area (Å²) in [4.78, 5) is 4.58. The van der Waals surface area contributed by atoms with E-state index in [4.69, 9.17) is 0 Å². The van der Waals surface area contributed by atoms with Gasteiger partial charge in [-0.2, -0.15) is 4.67 Å². The van der Waals surface area contributed by atoms with E-state index in [0.717, 1.165) is 0 Å². The summed E-state index contributed by atoms with van der Waals surface area (Å²) >= 11 is 0. The van der Waals surface area contributed by atoms with Gasteiger partial charge in [0.25, 0.3) is 8.03 Å². The zero-order valence-corrected chi connectivity index (χ0v) is 7.82. The van der Waals surface area contributed by atoms with Gasteiger partial charge in [0.2, 0.25) is 0 Å². The van der Waals surface area contributed by atoms with Crippen LogP contribution in [0.4, 0.5) is 0 Å². The predicted molar refractivity (Wildman–Crippen MR) is 47.8 cm³/mol. The maximum absolute atomic E-state index is 11.2. The van der Waals surface area contributed by atoms with Crippen LogP contribution in [0.1, 0.15) is 6.92 Å². The maximum atomic E-state index is 11.2. The van der Waals surface area contributed by atoms with Crippen LogP contribution >= 0.6 is 8.03 Å². The summed E-state index contributed by atoms with van der Waals surface area (Å²) in [6.45, 7) is 2.18. The molecule has 1 atom stereocenters. The molecule has 0 saturated heterocycles. The second kappa shape index (κ2) is 5.09. The summed E-state index contributed by atoms with van der Waals surface area (Å²) in [5, 5.41) is 0.677. The van der Waals surface area contributed by atoms with E-state index in [1.807, 2.05) is 18.2 Å². The van der Waals surface area contributed by atoms with Gasteiger partial charge in [-0.05, 0) is 19.1 Å². The van der Waals surface area contributed by atoms with Gasteiger partial charge in [-0.1, -0.05) is 18.2 Å². The van der Waals surface area contributed by atoms with Gasteiger partial charge < -0.3 is 0 Å². The van der Waals surface area contributed by atoms with Crippen LogP contribution in [0.5, 0.6) is 0 Å². The van der Waals surface area contributed by atoms with Crippen molar-refractivity contribution in [1.29, 1.82) is 0 Å².